The SMILES string of the molecule is CCCOC(=O)C=CC[Si](Cl)(Cl)Cl. The summed E-state index contributed by atoms with van der Waals surface area (Å²) in [5, 5.41) is 0. The van der Waals surface area contributed by atoms with Crippen LogP contribution >= 0.6 is 33.2 Å². The molecule has 0 aliphatic heterocycles. The summed E-state index contributed by atoms with van der Waals surface area (Å²) in [7, 11) is 0. The molecule has 0 saturated heterocycles. The molecule has 0 aliphatic carbocycles. The van der Waals surface area contributed by atoms with Crippen LogP contribution in [0.25, 0.3) is 0 Å². The summed E-state index contributed by atoms with van der Waals surface area (Å²) in [6, 6.07) is -2.30. The van der Waals surface area contributed by atoms with Gasteiger partial charge in [-0.15, -0.1) is 33.2 Å². The fourth-order valence-corrected chi connectivity index (χ4v) is 1.73. The van der Waals surface area contributed by atoms with Crippen molar-refractivity contribution >= 4 is 45.2 Å². The molecule has 0 heterocycles. The Morgan fingerprint density at radius 3 is 2.54 bits per heavy atom. The monoisotopic (exact) mass is 260 g/mol. The molecule has 0 radical (unpaired) electrons. The van der Waals surface area contributed by atoms with Crippen molar-refractivity contribution in [2.75, 3.05) is 6.61 Å². The van der Waals surface area contributed by atoms with E-state index >= 15 is 0 Å². The van der Waals surface area contributed by atoms with E-state index < -0.39 is 6.00 Å². The number of carbonyl (C=O) groups is 1. The van der Waals surface area contributed by atoms with Gasteiger partial charge in [0, 0.05) is 12.1 Å². The van der Waals surface area contributed by atoms with Crippen molar-refractivity contribution in [3.8, 4) is 0 Å². The Hall–Kier alpha value is 0.297. The van der Waals surface area contributed by atoms with Gasteiger partial charge < -0.3 is 4.74 Å². The van der Waals surface area contributed by atoms with Crippen LogP contribution in [0.3, 0.4) is 0 Å². The summed E-state index contributed by atoms with van der Waals surface area (Å²) in [5.74, 6) is -0.384. The lowest BCUT2D eigenvalue weighted by molar-refractivity contribution is -0.137. The number of allylic oxidation sites excluding steroid dienone is 1. The number of esters is 1. The Morgan fingerprint density at radius 1 is 1.46 bits per heavy atom. The summed E-state index contributed by atoms with van der Waals surface area (Å²) < 4.78 is 4.77. The largest absolute Gasteiger partial charge is 0.463 e. The van der Waals surface area contributed by atoms with E-state index in [0.717, 1.165) is 6.42 Å². The molecule has 0 aromatic rings. The highest BCUT2D eigenvalue weighted by Crippen LogP contribution is 2.24. The third-order valence-electron chi connectivity index (χ3n) is 1.05. The maximum Gasteiger partial charge on any atom is 0.344 e. The number of ether oxygens (including phenoxy) is 1. The van der Waals surface area contributed by atoms with Gasteiger partial charge in [-0.1, -0.05) is 13.0 Å². The predicted octanol–water partition coefficient (Wildman–Crippen LogP) is 3.15. The van der Waals surface area contributed by atoms with E-state index in [1.165, 1.54) is 12.2 Å². The van der Waals surface area contributed by atoms with Gasteiger partial charge in [0.15, 0.2) is 0 Å². The molecule has 0 bridgehead atoms. The van der Waals surface area contributed by atoms with Gasteiger partial charge in [-0.05, 0) is 6.42 Å². The van der Waals surface area contributed by atoms with E-state index in [1.54, 1.807) is 0 Å². The van der Waals surface area contributed by atoms with Crippen LogP contribution < -0.4 is 0 Å². The molecule has 6 heteroatoms. The minimum atomic E-state index is -2.63. The Morgan fingerprint density at radius 2 is 2.08 bits per heavy atom. The zero-order chi connectivity index (χ0) is 10.3. The van der Waals surface area contributed by atoms with Crippen LogP contribution in [-0.2, 0) is 9.53 Å². The van der Waals surface area contributed by atoms with Crippen molar-refractivity contribution < 1.29 is 9.53 Å². The number of halogens is 3. The van der Waals surface area contributed by atoms with Crippen LogP contribution in [0.4, 0.5) is 0 Å². The highest BCUT2D eigenvalue weighted by molar-refractivity contribution is 7.64. The van der Waals surface area contributed by atoms with E-state index in [2.05, 4.69) is 0 Å². The Kier molecular flexibility index (Phi) is 6.86. The molecule has 0 fully saturated rings. The summed E-state index contributed by atoms with van der Waals surface area (Å²) in [6.45, 7) is 2.35. The van der Waals surface area contributed by atoms with Crippen LogP contribution in [-0.4, -0.2) is 18.6 Å². The average Bonchev–Trinajstić information content (AvgIpc) is 1.98. The van der Waals surface area contributed by atoms with E-state index in [4.69, 9.17) is 38.0 Å². The second-order valence-corrected chi connectivity index (χ2v) is 11.6. The molecular weight excluding hydrogens is 251 g/mol. The van der Waals surface area contributed by atoms with Crippen molar-refractivity contribution in [2.24, 2.45) is 0 Å². The third-order valence-corrected chi connectivity index (χ3v) is 3.14. The molecule has 0 atom stereocenters. The molecule has 13 heavy (non-hydrogen) atoms. The lowest BCUT2D eigenvalue weighted by Gasteiger charge is -2.01. The van der Waals surface area contributed by atoms with Gasteiger partial charge in [0.25, 0.3) is 0 Å². The highest BCUT2D eigenvalue weighted by atomic mass is 35.8. The molecule has 0 saturated carbocycles. The van der Waals surface area contributed by atoms with Gasteiger partial charge in [0.2, 0.25) is 0 Å². The van der Waals surface area contributed by atoms with Crippen LogP contribution in [0.5, 0.6) is 0 Å². The minimum Gasteiger partial charge on any atom is -0.463 e. The van der Waals surface area contributed by atoms with E-state index in [0.29, 0.717) is 12.7 Å². The Labute approximate surface area is 92.9 Å². The normalized spacial score (nSPS) is 12.0. The van der Waals surface area contributed by atoms with Gasteiger partial charge in [-0.3, -0.25) is 0 Å². The van der Waals surface area contributed by atoms with E-state index in [9.17, 15) is 4.79 Å². The maximum atomic E-state index is 10.9. The van der Waals surface area contributed by atoms with Gasteiger partial charge in [0.05, 0.1) is 6.61 Å². The predicted molar refractivity (Wildman–Crippen MR) is 58.5 cm³/mol. The zero-order valence-electron chi connectivity index (χ0n) is 7.23. The van der Waals surface area contributed by atoms with Crippen molar-refractivity contribution in [2.45, 2.75) is 19.4 Å². The maximum absolute atomic E-state index is 10.9. The summed E-state index contributed by atoms with van der Waals surface area (Å²) in [6.07, 6.45) is 3.64. The molecule has 0 unspecified atom stereocenters. The number of carbonyl (C=O) groups excluding carboxylic acids is 1. The summed E-state index contributed by atoms with van der Waals surface area (Å²) in [4.78, 5) is 10.9. The van der Waals surface area contributed by atoms with Crippen LogP contribution in [0.15, 0.2) is 12.2 Å². The van der Waals surface area contributed by atoms with Gasteiger partial charge >= 0.3 is 12.0 Å². The molecule has 0 aromatic heterocycles. The first-order chi connectivity index (χ1) is 5.95. The van der Waals surface area contributed by atoms with Gasteiger partial charge in [-0.25, -0.2) is 4.79 Å². The lowest BCUT2D eigenvalue weighted by Crippen LogP contribution is -2.07. The van der Waals surface area contributed by atoms with E-state index in [1.807, 2.05) is 6.92 Å². The van der Waals surface area contributed by atoms with Gasteiger partial charge in [0.1, 0.15) is 0 Å². The molecule has 2 nitrogen and oxygen atoms in total. The standard InChI is InChI=1S/C7H11Cl3O2Si/c1-2-5-12-7(11)4-3-6-13(8,9)10/h3-4H,2,5-6H2,1H3. The molecule has 0 rings (SSSR count). The minimum absolute atomic E-state index is 0.332. The smallest absolute Gasteiger partial charge is 0.344 e. The summed E-state index contributed by atoms with van der Waals surface area (Å²) in [5.41, 5.74) is 0. The molecule has 0 spiro atoms. The first kappa shape index (κ1) is 13.3. The molecule has 76 valence electrons. The Balaban J connectivity index is 3.66. The number of hydrogen-bond acceptors (Lipinski definition) is 2. The zero-order valence-corrected chi connectivity index (χ0v) is 10.5. The second kappa shape index (κ2) is 6.71. The second-order valence-electron chi connectivity index (χ2n) is 2.39. The van der Waals surface area contributed by atoms with E-state index in [-0.39, 0.29) is 5.97 Å². The third kappa shape index (κ3) is 10.2. The average molecular weight is 262 g/mol. The molecule has 0 aromatic carbocycles. The van der Waals surface area contributed by atoms with Crippen molar-refractivity contribution in [1.82, 2.24) is 0 Å². The molecule has 0 N–H and O–H groups in total. The first-order valence-electron chi connectivity index (χ1n) is 3.85. The molecule has 0 aliphatic rings. The van der Waals surface area contributed by atoms with Crippen LogP contribution in [0.2, 0.25) is 6.04 Å². The van der Waals surface area contributed by atoms with Crippen LogP contribution in [0.1, 0.15) is 13.3 Å². The highest BCUT2D eigenvalue weighted by Gasteiger charge is 2.22. The Bertz CT molecular complexity index is 189. The fourth-order valence-electron chi connectivity index (χ4n) is 0.540. The molecule has 0 amide bonds. The van der Waals surface area contributed by atoms with Crippen molar-refractivity contribution in [1.29, 1.82) is 0 Å². The molecular formula is C7H11Cl3O2Si. The quantitative estimate of drug-likeness (QED) is 0.329. The summed E-state index contributed by atoms with van der Waals surface area (Å²) >= 11 is 16.8. The lowest BCUT2D eigenvalue weighted by atomic mass is 10.5. The van der Waals surface area contributed by atoms with Crippen molar-refractivity contribution in [3.63, 3.8) is 0 Å². The number of hydrogen-bond donors (Lipinski definition) is 0. The van der Waals surface area contributed by atoms with Crippen molar-refractivity contribution in [3.05, 3.63) is 12.2 Å². The first-order valence-corrected chi connectivity index (χ1v) is 9.10. The fraction of sp³-hybridized carbons (Fsp3) is 0.571. The van der Waals surface area contributed by atoms with Gasteiger partial charge in [-0.2, -0.15) is 0 Å². The number of rotatable bonds is 5. The topological polar surface area (TPSA) is 26.3 Å². The van der Waals surface area contributed by atoms with Crippen LogP contribution in [0, 0.1) is 0 Å².